The second-order valence-electron chi connectivity index (χ2n) is 16.6. The number of aryl methyl sites for hydroxylation is 1. The van der Waals surface area contributed by atoms with Crippen molar-refractivity contribution in [3.63, 3.8) is 0 Å². The maximum atomic E-state index is 11.9. The molecule has 0 radical (unpaired) electrons. The minimum Gasteiger partial charge on any atom is -0.465 e. The molecular weight excluding hydrogens is 888 g/mol. The summed E-state index contributed by atoms with van der Waals surface area (Å²) in [6, 6.07) is 1.44. The SMILES string of the molecule is CC1=C(OC2O[C@H](CO)[C@@H](O)[C@H](O)[C@H]2O)[C@H](C)[C@H](C)OC1=O.CC[C@@H]1OC(=O)C(C)=C(O[C@@H]2O[C@H](CO)[C@@H](O)[C@H](O)[C@H]2O)[C@@H]1C.Cc1cc(O[C@@H]2O[C@H](CO)[C@@H](O)[C@H](O)[C@H]2O)c(C)c(=O)o1. The van der Waals surface area contributed by atoms with E-state index in [9.17, 15) is 65.4 Å². The van der Waals surface area contributed by atoms with E-state index in [1.807, 2.05) is 13.8 Å². The van der Waals surface area contributed by atoms with E-state index in [1.165, 1.54) is 19.9 Å². The van der Waals surface area contributed by atoms with Crippen molar-refractivity contribution in [2.24, 2.45) is 11.8 Å². The Morgan fingerprint density at radius 3 is 1.29 bits per heavy atom. The van der Waals surface area contributed by atoms with Gasteiger partial charge in [-0.15, -0.1) is 0 Å². The number of esters is 2. The van der Waals surface area contributed by atoms with Gasteiger partial charge < -0.3 is 104 Å². The smallest absolute Gasteiger partial charge is 0.342 e. The zero-order chi connectivity index (χ0) is 49.6. The molecule has 0 amide bonds. The molecule has 6 rings (SSSR count). The number of aliphatic hydroxyl groups is 12. The van der Waals surface area contributed by atoms with Gasteiger partial charge >= 0.3 is 17.6 Å². The molecule has 12 N–H and O–H groups in total. The number of carbonyl (C=O) groups excluding carboxylic acids is 2. The molecule has 3 saturated heterocycles. The lowest BCUT2D eigenvalue weighted by Gasteiger charge is -2.41. The number of aliphatic hydroxyl groups excluding tert-OH is 12. The highest BCUT2D eigenvalue weighted by atomic mass is 16.7. The molecule has 0 aliphatic carbocycles. The van der Waals surface area contributed by atoms with Crippen LogP contribution in [0.1, 0.15) is 59.3 Å². The van der Waals surface area contributed by atoms with Gasteiger partial charge in [-0.3, -0.25) is 0 Å². The van der Waals surface area contributed by atoms with E-state index >= 15 is 0 Å². The largest absolute Gasteiger partial charge is 0.465 e. The Labute approximate surface area is 378 Å². The zero-order valence-electron chi connectivity index (χ0n) is 37.6. The summed E-state index contributed by atoms with van der Waals surface area (Å²) in [5.41, 5.74) is 0.105. The average molecular weight is 953 g/mol. The van der Waals surface area contributed by atoms with Gasteiger partial charge in [0.25, 0.3) is 0 Å². The minimum absolute atomic E-state index is 0.132. The molecule has 1 unspecified atom stereocenters. The molecule has 0 bridgehead atoms. The zero-order valence-corrected chi connectivity index (χ0v) is 37.6. The molecule has 66 heavy (non-hydrogen) atoms. The quantitative estimate of drug-likeness (QED) is 0.0999. The van der Waals surface area contributed by atoms with Crippen molar-refractivity contribution in [3.8, 4) is 5.75 Å². The monoisotopic (exact) mass is 952 g/mol. The molecular formula is C42H64O24. The average Bonchev–Trinajstić information content (AvgIpc) is 3.29. The van der Waals surface area contributed by atoms with Gasteiger partial charge in [0.05, 0.1) is 48.4 Å². The van der Waals surface area contributed by atoms with Crippen molar-refractivity contribution in [2.45, 2.75) is 166 Å². The Morgan fingerprint density at radius 2 is 0.894 bits per heavy atom. The molecule has 1 aromatic heterocycles. The third-order valence-electron chi connectivity index (χ3n) is 11.9. The predicted octanol–water partition coefficient (Wildman–Crippen LogP) is -3.86. The van der Waals surface area contributed by atoms with E-state index in [1.54, 1.807) is 27.7 Å². The number of carbonyl (C=O) groups is 2. The summed E-state index contributed by atoms with van der Waals surface area (Å²) in [5.74, 6) is -0.473. The Kier molecular flexibility index (Phi) is 19.5. The third kappa shape index (κ3) is 12.1. The van der Waals surface area contributed by atoms with Crippen LogP contribution in [0.2, 0.25) is 0 Å². The number of hydrogen-bond acceptors (Lipinski definition) is 24. The van der Waals surface area contributed by atoms with Crippen LogP contribution in [-0.4, -0.2) is 197 Å². The van der Waals surface area contributed by atoms with Crippen molar-refractivity contribution >= 4 is 11.9 Å². The number of hydrogen-bond donors (Lipinski definition) is 12. The summed E-state index contributed by atoms with van der Waals surface area (Å²) in [4.78, 5) is 35.2. The summed E-state index contributed by atoms with van der Waals surface area (Å²) in [5, 5.41) is 116. The Morgan fingerprint density at radius 1 is 0.515 bits per heavy atom. The fraction of sp³-hybridized carbons (Fsp3) is 0.738. The van der Waals surface area contributed by atoms with Crippen LogP contribution in [-0.2, 0) is 42.7 Å². The second kappa shape index (κ2) is 23.5. The highest BCUT2D eigenvalue weighted by Gasteiger charge is 2.48. The predicted molar refractivity (Wildman–Crippen MR) is 218 cm³/mol. The Hall–Kier alpha value is -3.83. The van der Waals surface area contributed by atoms with Crippen LogP contribution in [0, 0.1) is 25.7 Å². The maximum absolute atomic E-state index is 11.9. The van der Waals surface area contributed by atoms with Gasteiger partial charge in [0.15, 0.2) is 0 Å². The molecule has 0 saturated carbocycles. The van der Waals surface area contributed by atoms with Crippen molar-refractivity contribution in [1.29, 1.82) is 0 Å². The molecule has 6 heterocycles. The fourth-order valence-corrected chi connectivity index (χ4v) is 7.42. The normalized spacial score (nSPS) is 39.4. The summed E-state index contributed by atoms with van der Waals surface area (Å²) >= 11 is 0. The van der Waals surface area contributed by atoms with Crippen molar-refractivity contribution in [2.75, 3.05) is 19.8 Å². The van der Waals surface area contributed by atoms with E-state index in [0.717, 1.165) is 0 Å². The van der Waals surface area contributed by atoms with Crippen molar-refractivity contribution in [1.82, 2.24) is 0 Å². The van der Waals surface area contributed by atoms with Gasteiger partial charge in [0.2, 0.25) is 18.9 Å². The molecule has 24 nitrogen and oxygen atoms in total. The lowest BCUT2D eigenvalue weighted by Crippen LogP contribution is -2.60. The van der Waals surface area contributed by atoms with Crippen LogP contribution in [0.5, 0.6) is 5.75 Å². The van der Waals surface area contributed by atoms with Gasteiger partial charge in [0, 0.05) is 6.07 Å². The van der Waals surface area contributed by atoms with Crippen LogP contribution in [0.3, 0.4) is 0 Å². The molecule has 376 valence electrons. The molecule has 5 aliphatic rings. The summed E-state index contributed by atoms with van der Waals surface area (Å²) in [6.07, 6.45) is -20.8. The summed E-state index contributed by atoms with van der Waals surface area (Å²) in [6.45, 7) is 11.7. The van der Waals surface area contributed by atoms with E-state index in [4.69, 9.17) is 52.5 Å². The fourth-order valence-electron chi connectivity index (χ4n) is 7.42. The van der Waals surface area contributed by atoms with E-state index in [2.05, 4.69) is 0 Å². The van der Waals surface area contributed by atoms with Gasteiger partial charge in [-0.2, -0.15) is 0 Å². The molecule has 1 aromatic rings. The maximum Gasteiger partial charge on any atom is 0.342 e. The minimum atomic E-state index is -1.54. The number of rotatable bonds is 10. The molecule has 3 fully saturated rings. The van der Waals surface area contributed by atoms with Gasteiger partial charge in [-0.05, 0) is 41.0 Å². The van der Waals surface area contributed by atoms with Gasteiger partial charge in [0.1, 0.15) is 108 Å². The lowest BCUT2D eigenvalue weighted by atomic mass is 9.94. The number of ether oxygens (including phenoxy) is 8. The highest BCUT2D eigenvalue weighted by molar-refractivity contribution is 5.90. The van der Waals surface area contributed by atoms with Gasteiger partial charge in [-0.1, -0.05) is 20.8 Å². The van der Waals surface area contributed by atoms with Crippen LogP contribution in [0.25, 0.3) is 0 Å². The molecule has 0 aromatic carbocycles. The number of cyclic esters (lactones) is 2. The highest BCUT2D eigenvalue weighted by Crippen LogP contribution is 2.35. The third-order valence-corrected chi connectivity index (χ3v) is 11.9. The first kappa shape index (κ1) is 54.8. The van der Waals surface area contributed by atoms with Crippen LogP contribution in [0.4, 0.5) is 0 Å². The standard InChI is InChI=1S/C15H24O8.C14H22O8.C13H18O8/c1-4-8-6(2)13(7(3)14(20)21-8)23-15-12(19)11(18)10(17)9(5-16)22-15;1-5-7(3)20-13(19)6(2)12(5)22-14-11(18)10(17)9(16)8(4-15)21-14;1-5-3-7(6(2)12(18)19-5)20-13-11(17)10(16)9(15)8(4-14)21-13/h6,8-12,15-19H,4-5H2,1-3H3;5,7-11,14-18H,4H2,1-3H3;3,8-11,13-17H,4H2,1-2H3/t6-,8+,9-,10-,11+,12-,15+;5-,7+,8-,9-,10+,11-,14?;8-,9-,10+,11-,13-/m111/s1. The van der Waals surface area contributed by atoms with Crippen molar-refractivity contribution < 1.29 is 113 Å². The molecule has 19 atom stereocenters. The van der Waals surface area contributed by atoms with Crippen LogP contribution in [0.15, 0.2) is 37.9 Å². The topological polar surface area (TPSA) is 381 Å². The van der Waals surface area contributed by atoms with Crippen LogP contribution < -0.4 is 10.4 Å². The first-order valence-electron chi connectivity index (χ1n) is 21.3. The molecule has 5 aliphatic heterocycles. The van der Waals surface area contributed by atoms with E-state index < -0.39 is 136 Å². The van der Waals surface area contributed by atoms with E-state index in [-0.39, 0.29) is 40.4 Å². The first-order valence-corrected chi connectivity index (χ1v) is 21.3. The molecule has 0 spiro atoms. The Balaban J connectivity index is 0.000000217. The van der Waals surface area contributed by atoms with Crippen LogP contribution >= 0.6 is 0 Å². The first-order chi connectivity index (χ1) is 30.9. The summed E-state index contributed by atoms with van der Waals surface area (Å²) in [7, 11) is 0. The lowest BCUT2D eigenvalue weighted by molar-refractivity contribution is -0.294. The molecule has 24 heteroatoms. The summed E-state index contributed by atoms with van der Waals surface area (Å²) < 4.78 is 47.7. The van der Waals surface area contributed by atoms with E-state index in [0.29, 0.717) is 23.7 Å². The second-order valence-corrected chi connectivity index (χ2v) is 16.6. The van der Waals surface area contributed by atoms with Crippen molar-refractivity contribution in [3.05, 3.63) is 50.5 Å². The Bertz CT molecular complexity index is 1910. The van der Waals surface area contributed by atoms with Gasteiger partial charge in [-0.25, -0.2) is 14.4 Å².